The van der Waals surface area contributed by atoms with Gasteiger partial charge in [-0.2, -0.15) is 0 Å². The van der Waals surface area contributed by atoms with E-state index in [0.717, 1.165) is 26.2 Å². The van der Waals surface area contributed by atoms with Crippen molar-refractivity contribution >= 4 is 29.0 Å². The van der Waals surface area contributed by atoms with E-state index in [1.807, 2.05) is 6.07 Å². The molecule has 1 saturated heterocycles. The normalized spacial score (nSPS) is 17.3. The third-order valence-electron chi connectivity index (χ3n) is 4.45. The summed E-state index contributed by atoms with van der Waals surface area (Å²) in [4.78, 5) is 33.7. The first-order chi connectivity index (χ1) is 12.2. The Hall–Kier alpha value is -2.77. The van der Waals surface area contributed by atoms with Crippen LogP contribution in [0.3, 0.4) is 0 Å². The first-order valence-electron chi connectivity index (χ1n) is 8.35. The molecule has 0 bridgehead atoms. The predicted octanol–water partition coefficient (Wildman–Crippen LogP) is 1.22. The average molecular weight is 337 g/mol. The Kier molecular flexibility index (Phi) is 4.17. The van der Waals surface area contributed by atoms with Crippen molar-refractivity contribution in [2.45, 2.75) is 0 Å². The minimum Gasteiger partial charge on any atom is -0.319 e. The summed E-state index contributed by atoms with van der Waals surface area (Å²) in [6.45, 7) is 3.69. The highest BCUT2D eigenvalue weighted by molar-refractivity contribution is 6.17. The lowest BCUT2D eigenvalue weighted by Crippen LogP contribution is -2.47. The molecule has 128 valence electrons. The van der Waals surface area contributed by atoms with E-state index in [2.05, 4.69) is 20.5 Å². The molecule has 0 radical (unpaired) electrons. The number of carbonyl (C=O) groups excluding carboxylic acids is 2. The number of amides is 2. The van der Waals surface area contributed by atoms with Crippen LogP contribution in [-0.4, -0.2) is 54.4 Å². The number of hydrogen-bond donors (Lipinski definition) is 2. The second-order valence-corrected chi connectivity index (χ2v) is 6.10. The third-order valence-corrected chi connectivity index (χ3v) is 4.45. The van der Waals surface area contributed by atoms with Gasteiger partial charge in [-0.05, 0) is 24.3 Å². The molecule has 1 fully saturated rings. The lowest BCUT2D eigenvalue weighted by atomic mass is 10.1. The summed E-state index contributed by atoms with van der Waals surface area (Å²) in [6.07, 6.45) is 1.63. The first kappa shape index (κ1) is 15.7. The number of aromatic nitrogens is 1. The lowest BCUT2D eigenvalue weighted by Gasteiger charge is -2.29. The van der Waals surface area contributed by atoms with Crippen LogP contribution in [0.4, 0.5) is 17.2 Å². The van der Waals surface area contributed by atoms with Gasteiger partial charge in [0.05, 0.1) is 23.5 Å². The quantitative estimate of drug-likeness (QED) is 0.861. The maximum atomic E-state index is 13.1. The van der Waals surface area contributed by atoms with Gasteiger partial charge in [0.2, 0.25) is 5.91 Å². The molecule has 2 aliphatic heterocycles. The Morgan fingerprint density at radius 1 is 1.12 bits per heavy atom. The van der Waals surface area contributed by atoms with Crippen LogP contribution in [0.2, 0.25) is 0 Å². The highest BCUT2D eigenvalue weighted by Gasteiger charge is 2.31. The number of hydrogen-bond acceptors (Lipinski definition) is 5. The van der Waals surface area contributed by atoms with Gasteiger partial charge in [-0.25, -0.2) is 4.98 Å². The molecule has 0 unspecified atom stereocenters. The van der Waals surface area contributed by atoms with Crippen molar-refractivity contribution in [1.82, 2.24) is 15.2 Å². The van der Waals surface area contributed by atoms with E-state index in [1.165, 1.54) is 0 Å². The van der Waals surface area contributed by atoms with Gasteiger partial charge in [-0.1, -0.05) is 12.1 Å². The topological polar surface area (TPSA) is 77.6 Å². The molecule has 1 aromatic heterocycles. The van der Waals surface area contributed by atoms with Crippen molar-refractivity contribution < 1.29 is 9.59 Å². The van der Waals surface area contributed by atoms with Crippen molar-refractivity contribution in [2.24, 2.45) is 0 Å². The van der Waals surface area contributed by atoms with E-state index in [4.69, 9.17) is 0 Å². The molecule has 4 rings (SSSR count). The van der Waals surface area contributed by atoms with Crippen molar-refractivity contribution in [3.63, 3.8) is 0 Å². The summed E-state index contributed by atoms with van der Waals surface area (Å²) in [5, 5.41) is 6.13. The zero-order chi connectivity index (χ0) is 17.2. The highest BCUT2D eigenvalue weighted by atomic mass is 16.2. The molecule has 1 aromatic carbocycles. The van der Waals surface area contributed by atoms with Crippen LogP contribution >= 0.6 is 0 Å². The Balaban J connectivity index is 1.75. The molecular weight excluding hydrogens is 318 g/mol. The summed E-state index contributed by atoms with van der Waals surface area (Å²) < 4.78 is 0. The summed E-state index contributed by atoms with van der Waals surface area (Å²) in [5.74, 6) is 0.133. The van der Waals surface area contributed by atoms with Crippen molar-refractivity contribution in [3.05, 3.63) is 48.2 Å². The van der Waals surface area contributed by atoms with Gasteiger partial charge >= 0.3 is 0 Å². The van der Waals surface area contributed by atoms with Crippen LogP contribution in [0, 0.1) is 0 Å². The minimum absolute atomic E-state index is 0.0919. The molecule has 3 heterocycles. The van der Waals surface area contributed by atoms with Crippen molar-refractivity contribution in [3.8, 4) is 0 Å². The fourth-order valence-corrected chi connectivity index (χ4v) is 3.22. The van der Waals surface area contributed by atoms with E-state index in [0.29, 0.717) is 29.3 Å². The lowest BCUT2D eigenvalue weighted by molar-refractivity contribution is -0.119. The SMILES string of the molecule is O=C1Nc2cccnc2N(C(=O)CN2CCNCC2)c2ccccc21. The van der Waals surface area contributed by atoms with Crippen LogP contribution < -0.4 is 15.5 Å². The smallest absolute Gasteiger partial charge is 0.257 e. The number of rotatable bonds is 2. The molecule has 0 saturated carbocycles. The molecule has 0 atom stereocenters. The first-order valence-corrected chi connectivity index (χ1v) is 8.35. The van der Waals surface area contributed by atoms with E-state index in [9.17, 15) is 9.59 Å². The summed E-state index contributed by atoms with van der Waals surface area (Å²) in [6, 6.07) is 10.6. The van der Waals surface area contributed by atoms with Crippen LogP contribution in [0.25, 0.3) is 0 Å². The fraction of sp³-hybridized carbons (Fsp3) is 0.278. The fourth-order valence-electron chi connectivity index (χ4n) is 3.22. The molecule has 0 spiro atoms. The van der Waals surface area contributed by atoms with Crippen molar-refractivity contribution in [2.75, 3.05) is 42.9 Å². The average Bonchev–Trinajstić information content (AvgIpc) is 2.76. The van der Waals surface area contributed by atoms with E-state index >= 15 is 0 Å². The molecular formula is C18H19N5O2. The van der Waals surface area contributed by atoms with Gasteiger partial charge in [0.25, 0.3) is 5.91 Å². The number of para-hydroxylation sites is 1. The predicted molar refractivity (Wildman–Crippen MR) is 95.1 cm³/mol. The number of carbonyl (C=O) groups is 2. The molecule has 7 heteroatoms. The van der Waals surface area contributed by atoms with Crippen molar-refractivity contribution in [1.29, 1.82) is 0 Å². The number of fused-ring (bicyclic) bond motifs is 2. The molecule has 2 amide bonds. The Morgan fingerprint density at radius 2 is 1.92 bits per heavy atom. The Morgan fingerprint density at radius 3 is 2.76 bits per heavy atom. The second-order valence-electron chi connectivity index (χ2n) is 6.10. The summed E-state index contributed by atoms with van der Waals surface area (Å²) in [7, 11) is 0. The molecule has 2 N–H and O–H groups in total. The second kappa shape index (κ2) is 6.62. The monoisotopic (exact) mass is 337 g/mol. The maximum Gasteiger partial charge on any atom is 0.257 e. The number of benzene rings is 1. The standard InChI is InChI=1S/C18H19N5O2/c24-16(12-22-10-8-19-9-11-22)23-15-6-2-1-4-13(15)18(25)21-14-5-3-7-20-17(14)23/h1-7,19H,8-12H2,(H,21,25). The Bertz CT molecular complexity index is 817. The van der Waals surface area contributed by atoms with Gasteiger partial charge in [-0.15, -0.1) is 0 Å². The van der Waals surface area contributed by atoms with Gasteiger partial charge < -0.3 is 10.6 Å². The summed E-state index contributed by atoms with van der Waals surface area (Å²) in [5.41, 5.74) is 1.57. The number of nitrogens with one attached hydrogen (secondary N) is 2. The number of pyridine rings is 1. The zero-order valence-corrected chi connectivity index (χ0v) is 13.7. The molecule has 2 aromatic rings. The molecule has 0 aliphatic carbocycles. The van der Waals surface area contributed by atoms with Crippen LogP contribution in [-0.2, 0) is 4.79 Å². The molecule has 2 aliphatic rings. The van der Waals surface area contributed by atoms with Gasteiger partial charge in [0.1, 0.15) is 0 Å². The third kappa shape index (κ3) is 2.99. The number of piperazine rings is 1. The van der Waals surface area contributed by atoms with Gasteiger partial charge in [0, 0.05) is 32.4 Å². The minimum atomic E-state index is -0.234. The molecule has 7 nitrogen and oxygen atoms in total. The van der Waals surface area contributed by atoms with Gasteiger partial charge in [-0.3, -0.25) is 19.4 Å². The number of nitrogens with zero attached hydrogens (tertiary/aromatic N) is 3. The van der Waals surface area contributed by atoms with E-state index < -0.39 is 0 Å². The van der Waals surface area contributed by atoms with Gasteiger partial charge in [0.15, 0.2) is 5.82 Å². The number of anilines is 3. The molecule has 25 heavy (non-hydrogen) atoms. The zero-order valence-electron chi connectivity index (χ0n) is 13.7. The summed E-state index contributed by atoms with van der Waals surface area (Å²) >= 11 is 0. The Labute approximate surface area is 145 Å². The van der Waals surface area contributed by atoms with Crippen LogP contribution in [0.1, 0.15) is 10.4 Å². The maximum absolute atomic E-state index is 13.1. The van der Waals surface area contributed by atoms with Crippen LogP contribution in [0.15, 0.2) is 42.6 Å². The van der Waals surface area contributed by atoms with E-state index in [1.54, 1.807) is 41.4 Å². The highest BCUT2D eigenvalue weighted by Crippen LogP contribution is 2.36. The van der Waals surface area contributed by atoms with E-state index in [-0.39, 0.29) is 11.8 Å². The largest absolute Gasteiger partial charge is 0.319 e. The van der Waals surface area contributed by atoms with Crippen LogP contribution in [0.5, 0.6) is 0 Å².